The van der Waals surface area contributed by atoms with Crippen molar-refractivity contribution in [3.8, 4) is 11.4 Å². The molecular weight excluding hydrogens is 260 g/mol. The summed E-state index contributed by atoms with van der Waals surface area (Å²) in [5.41, 5.74) is 7.31. The highest BCUT2D eigenvalue weighted by molar-refractivity contribution is 6.11. The summed E-state index contributed by atoms with van der Waals surface area (Å²) in [7, 11) is 1.58. The Labute approximate surface area is 114 Å². The third-order valence-electron chi connectivity index (χ3n) is 3.12. The first kappa shape index (κ1) is 12.2. The zero-order valence-corrected chi connectivity index (χ0v) is 10.7. The van der Waals surface area contributed by atoms with E-state index in [1.165, 1.54) is 4.68 Å². The van der Waals surface area contributed by atoms with Gasteiger partial charge in [-0.15, -0.1) is 0 Å². The van der Waals surface area contributed by atoms with E-state index in [1.54, 1.807) is 31.4 Å². The van der Waals surface area contributed by atoms with Gasteiger partial charge in [-0.2, -0.15) is 5.10 Å². The lowest BCUT2D eigenvalue weighted by molar-refractivity contribution is -0.119. The maximum atomic E-state index is 11.8. The SMILES string of the molecule is COc1ccc(-n2nc3c(c2N)C(=O)NC(=O)C3)cc1. The molecule has 1 aliphatic rings. The van der Waals surface area contributed by atoms with E-state index in [0.29, 0.717) is 17.1 Å². The van der Waals surface area contributed by atoms with Gasteiger partial charge in [0, 0.05) is 0 Å². The predicted molar refractivity (Wildman–Crippen MR) is 70.7 cm³/mol. The number of nitrogen functional groups attached to an aromatic ring is 1. The van der Waals surface area contributed by atoms with Crippen LogP contribution in [-0.4, -0.2) is 28.7 Å². The molecule has 2 aromatic rings. The number of imide groups is 1. The highest BCUT2D eigenvalue weighted by Gasteiger charge is 2.29. The zero-order chi connectivity index (χ0) is 14.3. The number of nitrogens with two attached hydrogens (primary N) is 1. The lowest BCUT2D eigenvalue weighted by Crippen LogP contribution is -2.37. The van der Waals surface area contributed by atoms with Crippen molar-refractivity contribution in [3.63, 3.8) is 0 Å². The van der Waals surface area contributed by atoms with Gasteiger partial charge in [0.25, 0.3) is 5.91 Å². The van der Waals surface area contributed by atoms with Gasteiger partial charge in [0.15, 0.2) is 0 Å². The minimum absolute atomic E-state index is 0.0500. The van der Waals surface area contributed by atoms with Gasteiger partial charge < -0.3 is 10.5 Å². The number of nitrogens with one attached hydrogen (secondary N) is 1. The van der Waals surface area contributed by atoms with Crippen molar-refractivity contribution in [2.45, 2.75) is 6.42 Å². The van der Waals surface area contributed by atoms with Crippen LogP contribution < -0.4 is 15.8 Å². The molecule has 1 aromatic heterocycles. The van der Waals surface area contributed by atoms with Crippen LogP contribution in [0, 0.1) is 0 Å². The molecule has 0 aliphatic carbocycles. The Morgan fingerprint density at radius 2 is 2.00 bits per heavy atom. The topological polar surface area (TPSA) is 99.2 Å². The number of carbonyl (C=O) groups excluding carboxylic acids is 2. The summed E-state index contributed by atoms with van der Waals surface area (Å²) in [5.74, 6) is 0.0442. The van der Waals surface area contributed by atoms with Crippen LogP contribution in [0.5, 0.6) is 5.75 Å². The van der Waals surface area contributed by atoms with Crippen LogP contribution in [-0.2, 0) is 11.2 Å². The molecule has 0 saturated heterocycles. The molecule has 7 heteroatoms. The molecule has 7 nitrogen and oxygen atoms in total. The molecule has 3 rings (SSSR count). The lowest BCUT2D eigenvalue weighted by Gasteiger charge is -2.09. The van der Waals surface area contributed by atoms with Gasteiger partial charge in [-0.05, 0) is 24.3 Å². The number of amides is 2. The minimum atomic E-state index is -0.506. The second-order valence-corrected chi connectivity index (χ2v) is 4.37. The van der Waals surface area contributed by atoms with Crippen molar-refractivity contribution < 1.29 is 14.3 Å². The number of carbonyl (C=O) groups is 2. The monoisotopic (exact) mass is 272 g/mol. The van der Waals surface area contributed by atoms with Crippen molar-refractivity contribution in [2.75, 3.05) is 12.8 Å². The Hall–Kier alpha value is -2.83. The van der Waals surface area contributed by atoms with E-state index < -0.39 is 5.91 Å². The van der Waals surface area contributed by atoms with E-state index in [2.05, 4.69) is 10.4 Å². The molecule has 2 heterocycles. The van der Waals surface area contributed by atoms with Gasteiger partial charge in [-0.1, -0.05) is 0 Å². The number of benzene rings is 1. The zero-order valence-electron chi connectivity index (χ0n) is 10.7. The molecule has 0 saturated carbocycles. The van der Waals surface area contributed by atoms with Gasteiger partial charge in [0.1, 0.15) is 17.1 Å². The molecule has 20 heavy (non-hydrogen) atoms. The van der Waals surface area contributed by atoms with Crippen molar-refractivity contribution in [3.05, 3.63) is 35.5 Å². The summed E-state index contributed by atoms with van der Waals surface area (Å²) >= 11 is 0. The molecule has 0 atom stereocenters. The maximum absolute atomic E-state index is 11.8. The molecule has 1 aromatic carbocycles. The predicted octanol–water partition coefficient (Wildman–Crippen LogP) is 0.276. The number of fused-ring (bicyclic) bond motifs is 1. The van der Waals surface area contributed by atoms with E-state index in [9.17, 15) is 9.59 Å². The van der Waals surface area contributed by atoms with Gasteiger partial charge in [-0.3, -0.25) is 14.9 Å². The van der Waals surface area contributed by atoms with Crippen LogP contribution in [0.3, 0.4) is 0 Å². The van der Waals surface area contributed by atoms with Gasteiger partial charge in [0.2, 0.25) is 5.91 Å². The van der Waals surface area contributed by atoms with Gasteiger partial charge >= 0.3 is 0 Å². The van der Waals surface area contributed by atoms with E-state index in [4.69, 9.17) is 10.5 Å². The van der Waals surface area contributed by atoms with Crippen molar-refractivity contribution in [1.82, 2.24) is 15.1 Å². The summed E-state index contributed by atoms with van der Waals surface area (Å²) < 4.78 is 6.52. The first-order valence-electron chi connectivity index (χ1n) is 5.96. The third-order valence-corrected chi connectivity index (χ3v) is 3.12. The van der Waals surface area contributed by atoms with Crippen LogP contribution in [0.25, 0.3) is 5.69 Å². The quantitative estimate of drug-likeness (QED) is 0.765. The highest BCUT2D eigenvalue weighted by Crippen LogP contribution is 2.24. The molecule has 102 valence electrons. The lowest BCUT2D eigenvalue weighted by atomic mass is 10.1. The van der Waals surface area contributed by atoms with Gasteiger partial charge in [0.05, 0.1) is 24.9 Å². The first-order valence-corrected chi connectivity index (χ1v) is 5.96. The molecule has 0 unspecified atom stereocenters. The Bertz CT molecular complexity index is 703. The van der Waals surface area contributed by atoms with Crippen LogP contribution in [0.4, 0.5) is 5.82 Å². The molecule has 2 amide bonds. The second-order valence-electron chi connectivity index (χ2n) is 4.37. The largest absolute Gasteiger partial charge is 0.497 e. The summed E-state index contributed by atoms with van der Waals surface area (Å²) in [6.45, 7) is 0. The average Bonchev–Trinajstić information content (AvgIpc) is 2.76. The number of aromatic nitrogens is 2. The Balaban J connectivity index is 2.09. The van der Waals surface area contributed by atoms with Crippen molar-refractivity contribution >= 4 is 17.6 Å². The molecule has 0 bridgehead atoms. The highest BCUT2D eigenvalue weighted by atomic mass is 16.5. The summed E-state index contributed by atoms with van der Waals surface area (Å²) in [6, 6.07) is 7.07. The molecule has 0 radical (unpaired) electrons. The summed E-state index contributed by atoms with van der Waals surface area (Å²) in [5, 5.41) is 6.47. The van der Waals surface area contributed by atoms with Crippen LogP contribution in [0.15, 0.2) is 24.3 Å². The molecule has 3 N–H and O–H groups in total. The number of hydrogen-bond donors (Lipinski definition) is 2. The molecule has 0 spiro atoms. The summed E-state index contributed by atoms with van der Waals surface area (Å²) in [4.78, 5) is 23.1. The van der Waals surface area contributed by atoms with E-state index >= 15 is 0 Å². The second kappa shape index (κ2) is 4.37. The first-order chi connectivity index (χ1) is 9.60. The van der Waals surface area contributed by atoms with Gasteiger partial charge in [-0.25, -0.2) is 4.68 Å². The smallest absolute Gasteiger partial charge is 0.263 e. The number of methoxy groups -OCH3 is 1. The Morgan fingerprint density at radius 3 is 2.65 bits per heavy atom. The van der Waals surface area contributed by atoms with Crippen LogP contribution in [0.2, 0.25) is 0 Å². The number of ether oxygens (including phenoxy) is 1. The Morgan fingerprint density at radius 1 is 1.30 bits per heavy atom. The number of nitrogens with zero attached hydrogens (tertiary/aromatic N) is 2. The fraction of sp³-hybridized carbons (Fsp3) is 0.154. The number of rotatable bonds is 2. The molecule has 1 aliphatic heterocycles. The fourth-order valence-electron chi connectivity index (χ4n) is 2.16. The van der Waals surface area contributed by atoms with Crippen LogP contribution >= 0.6 is 0 Å². The number of hydrogen-bond acceptors (Lipinski definition) is 5. The normalized spacial score (nSPS) is 13.8. The van der Waals surface area contributed by atoms with Crippen molar-refractivity contribution in [2.24, 2.45) is 0 Å². The van der Waals surface area contributed by atoms with E-state index in [-0.39, 0.29) is 23.7 Å². The Kier molecular flexibility index (Phi) is 2.67. The van der Waals surface area contributed by atoms with Crippen LogP contribution in [0.1, 0.15) is 16.1 Å². The molecule has 0 fully saturated rings. The minimum Gasteiger partial charge on any atom is -0.497 e. The fourth-order valence-corrected chi connectivity index (χ4v) is 2.16. The van der Waals surface area contributed by atoms with E-state index in [0.717, 1.165) is 0 Å². The molecular formula is C13H12N4O3. The average molecular weight is 272 g/mol. The standard InChI is InChI=1S/C13H12N4O3/c1-20-8-4-2-7(3-5-8)17-12(14)11-9(16-17)6-10(18)15-13(11)19/h2-5H,6,14H2,1H3,(H,15,18,19). The number of anilines is 1. The maximum Gasteiger partial charge on any atom is 0.263 e. The van der Waals surface area contributed by atoms with Crippen molar-refractivity contribution in [1.29, 1.82) is 0 Å². The third kappa shape index (κ3) is 1.80. The van der Waals surface area contributed by atoms with E-state index in [1.807, 2.05) is 0 Å². The summed E-state index contributed by atoms with van der Waals surface area (Å²) in [6.07, 6.45) is 0.0500.